The van der Waals surface area contributed by atoms with E-state index in [4.69, 9.17) is 4.74 Å². The first kappa shape index (κ1) is 9.67. The summed E-state index contributed by atoms with van der Waals surface area (Å²) in [6.45, 7) is 0. The van der Waals surface area contributed by atoms with E-state index in [1.807, 2.05) is 18.2 Å². The molecule has 1 aromatic rings. The minimum absolute atomic E-state index is 0.224. The average molecular weight is 269 g/mol. The van der Waals surface area contributed by atoms with E-state index in [1.165, 1.54) is 12.8 Å². The molecule has 0 amide bonds. The van der Waals surface area contributed by atoms with Gasteiger partial charge in [0.15, 0.2) is 0 Å². The van der Waals surface area contributed by atoms with Crippen molar-refractivity contribution in [2.75, 3.05) is 0 Å². The number of ether oxygens (including phenoxy) is 1. The average Bonchev–Trinajstić information content (AvgIpc) is 2.99. The van der Waals surface area contributed by atoms with Crippen LogP contribution in [0.25, 0.3) is 0 Å². The minimum Gasteiger partial charge on any atom is -0.490 e. The molecule has 3 rings (SSSR count). The van der Waals surface area contributed by atoms with Gasteiger partial charge >= 0.3 is 0 Å². The monoisotopic (exact) mass is 268 g/mol. The van der Waals surface area contributed by atoms with Gasteiger partial charge in [-0.3, -0.25) is 0 Å². The van der Waals surface area contributed by atoms with Crippen LogP contribution in [0, 0.1) is 5.92 Å². The summed E-state index contributed by atoms with van der Waals surface area (Å²) < 4.78 is 6.92. The van der Waals surface area contributed by atoms with Gasteiger partial charge in [0.05, 0.1) is 6.10 Å². The highest BCUT2D eigenvalue weighted by atomic mass is 79.9. The zero-order valence-electron chi connectivity index (χ0n) is 8.32. The van der Waals surface area contributed by atoms with Gasteiger partial charge in [0, 0.05) is 16.5 Å². The van der Waals surface area contributed by atoms with E-state index in [2.05, 4.69) is 15.9 Å². The highest BCUT2D eigenvalue weighted by Crippen LogP contribution is 2.44. The lowest BCUT2D eigenvalue weighted by atomic mass is 9.97. The second kappa shape index (κ2) is 3.49. The quantitative estimate of drug-likeness (QED) is 0.849. The second-order valence-corrected chi connectivity index (χ2v) is 5.34. The van der Waals surface area contributed by atoms with Gasteiger partial charge in [-0.15, -0.1) is 0 Å². The first-order valence-corrected chi connectivity index (χ1v) is 6.17. The number of benzene rings is 1. The summed E-state index contributed by atoms with van der Waals surface area (Å²) in [7, 11) is 0. The molecule has 1 N–H and O–H groups in total. The fourth-order valence-corrected chi connectivity index (χ4v) is 2.54. The van der Waals surface area contributed by atoms with Crippen LogP contribution in [0.1, 0.15) is 30.9 Å². The SMILES string of the molecule is O[C@@H]1CC(C2CC2)Oc2cc(Br)ccc21. The van der Waals surface area contributed by atoms with Crippen LogP contribution >= 0.6 is 15.9 Å². The van der Waals surface area contributed by atoms with E-state index >= 15 is 0 Å². The van der Waals surface area contributed by atoms with Crippen LogP contribution in [0.15, 0.2) is 22.7 Å². The molecule has 0 saturated heterocycles. The van der Waals surface area contributed by atoms with Crippen molar-refractivity contribution < 1.29 is 9.84 Å². The lowest BCUT2D eigenvalue weighted by Crippen LogP contribution is -2.27. The topological polar surface area (TPSA) is 29.5 Å². The summed E-state index contributed by atoms with van der Waals surface area (Å²) in [4.78, 5) is 0. The van der Waals surface area contributed by atoms with Gasteiger partial charge in [-0.1, -0.05) is 22.0 Å². The largest absolute Gasteiger partial charge is 0.490 e. The van der Waals surface area contributed by atoms with Crippen LogP contribution in [0.2, 0.25) is 0 Å². The molecule has 1 saturated carbocycles. The maximum atomic E-state index is 10.0. The molecule has 0 spiro atoms. The molecule has 1 unspecified atom stereocenters. The van der Waals surface area contributed by atoms with E-state index < -0.39 is 0 Å². The molecule has 1 fully saturated rings. The molecule has 1 aliphatic carbocycles. The minimum atomic E-state index is -0.354. The fourth-order valence-electron chi connectivity index (χ4n) is 2.20. The Labute approximate surface area is 97.4 Å². The zero-order chi connectivity index (χ0) is 10.4. The molecule has 0 radical (unpaired) electrons. The smallest absolute Gasteiger partial charge is 0.126 e. The standard InChI is InChI=1S/C12H13BrO2/c13-8-3-4-9-10(14)6-11(7-1-2-7)15-12(9)5-8/h3-5,7,10-11,14H,1-2,6H2/t10-,11?/m1/s1. The number of aliphatic hydroxyl groups is 1. The number of hydrogen-bond donors (Lipinski definition) is 1. The highest BCUT2D eigenvalue weighted by Gasteiger charge is 2.38. The summed E-state index contributed by atoms with van der Waals surface area (Å²) in [5.74, 6) is 1.52. The molecule has 1 aliphatic heterocycles. The number of fused-ring (bicyclic) bond motifs is 1. The molecular weight excluding hydrogens is 256 g/mol. The van der Waals surface area contributed by atoms with Crippen LogP contribution in [-0.4, -0.2) is 11.2 Å². The fraction of sp³-hybridized carbons (Fsp3) is 0.500. The first-order valence-electron chi connectivity index (χ1n) is 5.38. The summed E-state index contributed by atoms with van der Waals surface area (Å²) >= 11 is 3.42. The van der Waals surface area contributed by atoms with Crippen LogP contribution in [0.4, 0.5) is 0 Å². The van der Waals surface area contributed by atoms with Crippen molar-refractivity contribution in [2.45, 2.75) is 31.5 Å². The molecule has 1 heterocycles. The van der Waals surface area contributed by atoms with Gasteiger partial charge in [-0.2, -0.15) is 0 Å². The van der Waals surface area contributed by atoms with Crippen molar-refractivity contribution in [2.24, 2.45) is 5.92 Å². The van der Waals surface area contributed by atoms with Crippen molar-refractivity contribution in [3.63, 3.8) is 0 Å². The number of halogens is 1. The molecule has 3 heteroatoms. The molecule has 1 aromatic carbocycles. The van der Waals surface area contributed by atoms with E-state index in [0.29, 0.717) is 5.92 Å². The Morgan fingerprint density at radius 2 is 2.13 bits per heavy atom. The third-order valence-electron chi connectivity index (χ3n) is 3.22. The summed E-state index contributed by atoms with van der Waals surface area (Å²) in [6.07, 6.45) is 3.12. The highest BCUT2D eigenvalue weighted by molar-refractivity contribution is 9.10. The number of aliphatic hydroxyl groups excluding tert-OH is 1. The Balaban J connectivity index is 1.93. The van der Waals surface area contributed by atoms with Crippen molar-refractivity contribution in [3.05, 3.63) is 28.2 Å². The van der Waals surface area contributed by atoms with E-state index in [9.17, 15) is 5.11 Å². The van der Waals surface area contributed by atoms with Crippen molar-refractivity contribution in [1.29, 1.82) is 0 Å². The Morgan fingerprint density at radius 3 is 2.87 bits per heavy atom. The molecular formula is C12H13BrO2. The molecule has 2 nitrogen and oxygen atoms in total. The molecule has 15 heavy (non-hydrogen) atoms. The van der Waals surface area contributed by atoms with Crippen LogP contribution in [-0.2, 0) is 0 Å². The lowest BCUT2D eigenvalue weighted by molar-refractivity contribution is 0.0550. The van der Waals surface area contributed by atoms with Gasteiger partial charge in [0.1, 0.15) is 11.9 Å². The Hall–Kier alpha value is -0.540. The Morgan fingerprint density at radius 1 is 1.33 bits per heavy atom. The predicted molar refractivity (Wildman–Crippen MR) is 60.9 cm³/mol. The number of rotatable bonds is 1. The summed E-state index contributed by atoms with van der Waals surface area (Å²) in [6, 6.07) is 5.84. The van der Waals surface area contributed by atoms with Gasteiger partial charge < -0.3 is 9.84 Å². The first-order chi connectivity index (χ1) is 7.24. The second-order valence-electron chi connectivity index (χ2n) is 4.43. The van der Waals surface area contributed by atoms with Gasteiger partial charge in [-0.25, -0.2) is 0 Å². The molecule has 2 aliphatic rings. The maximum absolute atomic E-state index is 10.0. The molecule has 80 valence electrons. The van der Waals surface area contributed by atoms with Crippen molar-refractivity contribution in [3.8, 4) is 5.75 Å². The van der Waals surface area contributed by atoms with Gasteiger partial charge in [-0.05, 0) is 30.9 Å². The molecule has 0 aromatic heterocycles. The zero-order valence-corrected chi connectivity index (χ0v) is 9.90. The van der Waals surface area contributed by atoms with E-state index in [0.717, 1.165) is 22.2 Å². The molecule has 2 atom stereocenters. The predicted octanol–water partition coefficient (Wildman–Crippen LogP) is 3.04. The lowest BCUT2D eigenvalue weighted by Gasteiger charge is -2.29. The maximum Gasteiger partial charge on any atom is 0.126 e. The Bertz CT molecular complexity index is 387. The third kappa shape index (κ3) is 1.79. The van der Waals surface area contributed by atoms with Gasteiger partial charge in [0.25, 0.3) is 0 Å². The van der Waals surface area contributed by atoms with Crippen molar-refractivity contribution >= 4 is 15.9 Å². The van der Waals surface area contributed by atoms with E-state index in [1.54, 1.807) is 0 Å². The summed E-state index contributed by atoms with van der Waals surface area (Å²) in [5.41, 5.74) is 0.926. The van der Waals surface area contributed by atoms with Crippen LogP contribution in [0.5, 0.6) is 5.75 Å². The summed E-state index contributed by atoms with van der Waals surface area (Å²) in [5, 5.41) is 10.0. The number of hydrogen-bond acceptors (Lipinski definition) is 2. The van der Waals surface area contributed by atoms with Gasteiger partial charge in [0.2, 0.25) is 0 Å². The van der Waals surface area contributed by atoms with E-state index in [-0.39, 0.29) is 12.2 Å². The third-order valence-corrected chi connectivity index (χ3v) is 3.71. The Kier molecular flexibility index (Phi) is 2.25. The van der Waals surface area contributed by atoms with Crippen LogP contribution in [0.3, 0.4) is 0 Å². The normalized spacial score (nSPS) is 29.5. The molecule has 0 bridgehead atoms. The van der Waals surface area contributed by atoms with Crippen molar-refractivity contribution in [1.82, 2.24) is 0 Å². The van der Waals surface area contributed by atoms with Crippen LogP contribution < -0.4 is 4.74 Å².